The molecule has 0 saturated carbocycles. The van der Waals surface area contributed by atoms with Crippen LogP contribution in [0.1, 0.15) is 0 Å². The summed E-state index contributed by atoms with van der Waals surface area (Å²) in [6, 6.07) is 26.9. The van der Waals surface area contributed by atoms with Gasteiger partial charge >= 0.3 is 0 Å². The number of hydrogen-bond donors (Lipinski definition) is 1. The zero-order valence-electron chi connectivity index (χ0n) is 15.3. The van der Waals surface area contributed by atoms with Crippen LogP contribution in [0, 0.1) is 0 Å². The minimum absolute atomic E-state index is 0.144. The van der Waals surface area contributed by atoms with Crippen LogP contribution in [-0.4, -0.2) is 12.1 Å². The SMILES string of the molecule is COc1ccc(-c2cc(-c3ccccc3)c(-c3ccc(Cl)cc3)c(=O)[nH]2)cc1. The van der Waals surface area contributed by atoms with E-state index in [1.54, 1.807) is 19.2 Å². The topological polar surface area (TPSA) is 42.1 Å². The number of methoxy groups -OCH3 is 1. The van der Waals surface area contributed by atoms with Crippen molar-refractivity contribution in [2.24, 2.45) is 0 Å². The number of H-pyrrole nitrogens is 1. The molecule has 1 N–H and O–H groups in total. The molecule has 3 aromatic carbocycles. The van der Waals surface area contributed by atoms with E-state index in [1.807, 2.05) is 72.8 Å². The Labute approximate surface area is 168 Å². The van der Waals surface area contributed by atoms with Gasteiger partial charge in [-0.2, -0.15) is 0 Å². The van der Waals surface area contributed by atoms with Crippen molar-refractivity contribution < 1.29 is 4.74 Å². The summed E-state index contributed by atoms with van der Waals surface area (Å²) in [5, 5.41) is 0.635. The molecular formula is C24H18ClNO2. The predicted molar refractivity (Wildman–Crippen MR) is 115 cm³/mol. The Bertz CT molecular complexity index is 1150. The standard InChI is InChI=1S/C24H18ClNO2/c1-28-20-13-9-17(10-14-20)22-15-21(16-5-3-2-4-6-16)23(24(27)26-22)18-7-11-19(25)12-8-18/h2-15H,1H3,(H,26,27). The number of aromatic amines is 1. The normalized spacial score (nSPS) is 10.6. The van der Waals surface area contributed by atoms with Gasteiger partial charge in [0.1, 0.15) is 5.75 Å². The third-order valence-corrected chi connectivity index (χ3v) is 4.90. The van der Waals surface area contributed by atoms with Gasteiger partial charge in [0.25, 0.3) is 5.56 Å². The van der Waals surface area contributed by atoms with Crippen molar-refractivity contribution >= 4 is 11.6 Å². The highest BCUT2D eigenvalue weighted by atomic mass is 35.5. The van der Waals surface area contributed by atoms with Crippen LogP contribution in [0.2, 0.25) is 5.02 Å². The third kappa shape index (κ3) is 3.57. The highest BCUT2D eigenvalue weighted by Gasteiger charge is 2.14. The molecule has 0 unspecified atom stereocenters. The Morgan fingerprint density at radius 2 is 1.43 bits per heavy atom. The zero-order valence-corrected chi connectivity index (χ0v) is 16.0. The first kappa shape index (κ1) is 18.1. The van der Waals surface area contributed by atoms with Gasteiger partial charge < -0.3 is 9.72 Å². The first-order valence-electron chi connectivity index (χ1n) is 8.89. The lowest BCUT2D eigenvalue weighted by atomic mass is 9.94. The summed E-state index contributed by atoms with van der Waals surface area (Å²) in [5.41, 5.74) is 4.83. The number of aromatic nitrogens is 1. The average Bonchev–Trinajstić information content (AvgIpc) is 2.75. The highest BCUT2D eigenvalue weighted by Crippen LogP contribution is 2.32. The fraction of sp³-hybridized carbons (Fsp3) is 0.0417. The third-order valence-electron chi connectivity index (χ3n) is 4.65. The van der Waals surface area contributed by atoms with Gasteiger partial charge in [-0.15, -0.1) is 0 Å². The minimum atomic E-state index is -0.144. The predicted octanol–water partition coefficient (Wildman–Crippen LogP) is 6.04. The Morgan fingerprint density at radius 3 is 2.07 bits per heavy atom. The summed E-state index contributed by atoms with van der Waals surface area (Å²) < 4.78 is 5.23. The van der Waals surface area contributed by atoms with Gasteiger partial charge in [0.05, 0.1) is 12.7 Å². The quantitative estimate of drug-likeness (QED) is 0.464. The van der Waals surface area contributed by atoms with Crippen LogP contribution in [0.15, 0.2) is 89.7 Å². The lowest BCUT2D eigenvalue weighted by Gasteiger charge is -2.13. The van der Waals surface area contributed by atoms with Gasteiger partial charge in [-0.3, -0.25) is 4.79 Å². The molecule has 138 valence electrons. The molecule has 0 fully saturated rings. The van der Waals surface area contributed by atoms with Gasteiger partial charge in [-0.1, -0.05) is 54.1 Å². The summed E-state index contributed by atoms with van der Waals surface area (Å²) in [6.45, 7) is 0. The number of benzene rings is 3. The van der Waals surface area contributed by atoms with E-state index in [0.717, 1.165) is 33.7 Å². The zero-order chi connectivity index (χ0) is 19.5. The lowest BCUT2D eigenvalue weighted by molar-refractivity contribution is 0.415. The second-order valence-electron chi connectivity index (χ2n) is 6.40. The van der Waals surface area contributed by atoms with Gasteiger partial charge in [0.2, 0.25) is 0 Å². The molecule has 4 aromatic rings. The van der Waals surface area contributed by atoms with E-state index in [2.05, 4.69) is 4.98 Å². The summed E-state index contributed by atoms with van der Waals surface area (Å²) in [7, 11) is 1.63. The van der Waals surface area contributed by atoms with Crippen LogP contribution in [-0.2, 0) is 0 Å². The Kier molecular flexibility index (Phi) is 5.00. The molecule has 0 aliphatic rings. The molecule has 0 aliphatic heterocycles. The smallest absolute Gasteiger partial charge is 0.256 e. The lowest BCUT2D eigenvalue weighted by Crippen LogP contribution is -2.11. The van der Waals surface area contributed by atoms with Gasteiger partial charge in [-0.05, 0) is 64.7 Å². The fourth-order valence-corrected chi connectivity index (χ4v) is 3.36. The van der Waals surface area contributed by atoms with E-state index >= 15 is 0 Å². The number of ether oxygens (including phenoxy) is 1. The Morgan fingerprint density at radius 1 is 0.786 bits per heavy atom. The van der Waals surface area contributed by atoms with Crippen LogP contribution in [0.25, 0.3) is 33.5 Å². The van der Waals surface area contributed by atoms with Crippen molar-refractivity contribution in [2.75, 3.05) is 7.11 Å². The molecule has 0 spiro atoms. The summed E-state index contributed by atoms with van der Waals surface area (Å²) in [5.74, 6) is 0.771. The maximum absolute atomic E-state index is 13.1. The maximum Gasteiger partial charge on any atom is 0.256 e. The molecule has 1 heterocycles. The minimum Gasteiger partial charge on any atom is -0.497 e. The fourth-order valence-electron chi connectivity index (χ4n) is 3.23. The average molecular weight is 388 g/mol. The van der Waals surface area contributed by atoms with Crippen molar-refractivity contribution in [3.63, 3.8) is 0 Å². The summed E-state index contributed by atoms with van der Waals surface area (Å²) in [6.07, 6.45) is 0. The van der Waals surface area contributed by atoms with Gasteiger partial charge in [0, 0.05) is 10.7 Å². The molecule has 0 saturated heterocycles. The van der Waals surface area contributed by atoms with E-state index in [9.17, 15) is 4.79 Å². The van der Waals surface area contributed by atoms with Crippen molar-refractivity contribution in [2.45, 2.75) is 0 Å². The second kappa shape index (κ2) is 7.75. The van der Waals surface area contributed by atoms with Crippen LogP contribution in [0.4, 0.5) is 0 Å². The summed E-state index contributed by atoms with van der Waals surface area (Å²) in [4.78, 5) is 16.1. The Hall–Kier alpha value is -3.30. The molecule has 0 bridgehead atoms. The van der Waals surface area contributed by atoms with E-state index < -0.39 is 0 Å². The molecule has 0 atom stereocenters. The second-order valence-corrected chi connectivity index (χ2v) is 6.84. The van der Waals surface area contributed by atoms with E-state index in [4.69, 9.17) is 16.3 Å². The number of halogens is 1. The van der Waals surface area contributed by atoms with Crippen molar-refractivity contribution in [1.82, 2.24) is 4.98 Å². The summed E-state index contributed by atoms with van der Waals surface area (Å²) >= 11 is 6.03. The van der Waals surface area contributed by atoms with Crippen molar-refractivity contribution in [3.05, 3.63) is 100 Å². The van der Waals surface area contributed by atoms with Crippen LogP contribution >= 0.6 is 11.6 Å². The number of pyridine rings is 1. The van der Waals surface area contributed by atoms with Crippen molar-refractivity contribution in [1.29, 1.82) is 0 Å². The number of rotatable bonds is 4. The molecule has 0 amide bonds. The first-order chi connectivity index (χ1) is 13.7. The van der Waals surface area contributed by atoms with E-state index in [1.165, 1.54) is 0 Å². The first-order valence-corrected chi connectivity index (χ1v) is 9.26. The van der Waals surface area contributed by atoms with Gasteiger partial charge in [-0.25, -0.2) is 0 Å². The van der Waals surface area contributed by atoms with Gasteiger partial charge in [0.15, 0.2) is 0 Å². The molecule has 1 aromatic heterocycles. The highest BCUT2D eigenvalue weighted by molar-refractivity contribution is 6.30. The molecule has 3 nitrogen and oxygen atoms in total. The van der Waals surface area contributed by atoms with Crippen LogP contribution in [0.3, 0.4) is 0 Å². The molecule has 4 heteroatoms. The molecule has 28 heavy (non-hydrogen) atoms. The number of nitrogens with one attached hydrogen (secondary N) is 1. The molecule has 0 aliphatic carbocycles. The van der Waals surface area contributed by atoms with Crippen LogP contribution in [0.5, 0.6) is 5.75 Å². The monoisotopic (exact) mass is 387 g/mol. The molecular weight excluding hydrogens is 370 g/mol. The molecule has 4 rings (SSSR count). The molecule has 0 radical (unpaired) electrons. The Balaban J connectivity index is 1.94. The number of hydrogen-bond acceptors (Lipinski definition) is 2. The van der Waals surface area contributed by atoms with Crippen LogP contribution < -0.4 is 10.3 Å². The largest absolute Gasteiger partial charge is 0.497 e. The maximum atomic E-state index is 13.1. The van der Waals surface area contributed by atoms with E-state index in [0.29, 0.717) is 10.6 Å². The van der Waals surface area contributed by atoms with Crippen molar-refractivity contribution in [3.8, 4) is 39.3 Å². The van der Waals surface area contributed by atoms with E-state index in [-0.39, 0.29) is 5.56 Å².